The Labute approximate surface area is 179 Å². The molecule has 31 heavy (non-hydrogen) atoms. The van der Waals surface area contributed by atoms with Crippen molar-refractivity contribution in [2.45, 2.75) is 38.0 Å². The van der Waals surface area contributed by atoms with Crippen molar-refractivity contribution in [3.05, 3.63) is 72.2 Å². The number of aliphatic hydroxyl groups excluding tert-OH is 2. The molecule has 0 unspecified atom stereocenters. The zero-order chi connectivity index (χ0) is 21.5. The Morgan fingerprint density at radius 1 is 1.10 bits per heavy atom. The largest absolute Gasteiger partial charge is 0.388 e. The minimum absolute atomic E-state index is 0.323. The molecule has 2 aliphatic rings. The van der Waals surface area contributed by atoms with Gasteiger partial charge in [0.2, 0.25) is 0 Å². The first-order valence-electron chi connectivity index (χ1n) is 10.1. The summed E-state index contributed by atoms with van der Waals surface area (Å²) in [6, 6.07) is 16.1. The van der Waals surface area contributed by atoms with E-state index in [-0.39, 0.29) is 5.82 Å². The summed E-state index contributed by atoms with van der Waals surface area (Å²) in [5.74, 6) is 0.331. The van der Waals surface area contributed by atoms with Gasteiger partial charge in [0.05, 0.1) is 18.3 Å². The molecule has 4 atom stereocenters. The number of hydrogen-bond donors (Lipinski definition) is 3. The summed E-state index contributed by atoms with van der Waals surface area (Å²) in [5.41, 5.74) is 6.65. The maximum Gasteiger partial charge on any atom is 0.164 e. The third-order valence-corrected chi connectivity index (χ3v) is 5.69. The molecule has 3 aromatic rings. The summed E-state index contributed by atoms with van der Waals surface area (Å²) < 4.78 is 21.2. The number of nitrogens with zero attached hydrogens (tertiary/aromatic N) is 3. The van der Waals surface area contributed by atoms with Crippen LogP contribution in [0.5, 0.6) is 0 Å². The molecule has 0 aliphatic carbocycles. The number of aliphatic imine (C=N–C) groups is 1. The van der Waals surface area contributed by atoms with E-state index in [4.69, 9.17) is 4.74 Å². The van der Waals surface area contributed by atoms with Gasteiger partial charge in [-0.3, -0.25) is 10.4 Å². The SMILES string of the molecule is C[C@H]1O[C@@H](n2cc(-c3ccccc3)c3c2N=CN(Nc2cccc(F)c2)C3)[C@H](O)[C@@H]1O. The van der Waals surface area contributed by atoms with Crippen LogP contribution in [0, 0.1) is 5.82 Å². The fourth-order valence-electron chi connectivity index (χ4n) is 4.10. The molecule has 0 amide bonds. The topological polar surface area (TPSA) is 82.2 Å². The molecule has 2 aliphatic heterocycles. The number of aliphatic hydroxyl groups is 2. The van der Waals surface area contributed by atoms with Crippen LogP contribution in [0.4, 0.5) is 15.9 Å². The molecule has 1 fully saturated rings. The Bertz CT molecular complexity index is 1120. The van der Waals surface area contributed by atoms with E-state index < -0.39 is 24.5 Å². The zero-order valence-electron chi connectivity index (χ0n) is 16.9. The highest BCUT2D eigenvalue weighted by Crippen LogP contribution is 2.41. The van der Waals surface area contributed by atoms with Crippen molar-refractivity contribution in [2.75, 3.05) is 5.43 Å². The molecule has 0 radical (unpaired) electrons. The van der Waals surface area contributed by atoms with E-state index in [0.717, 1.165) is 16.7 Å². The van der Waals surface area contributed by atoms with Crippen LogP contribution < -0.4 is 5.43 Å². The van der Waals surface area contributed by atoms with Crippen LogP contribution in [-0.2, 0) is 11.3 Å². The van der Waals surface area contributed by atoms with Crippen molar-refractivity contribution in [3.8, 4) is 11.1 Å². The molecular weight excluding hydrogens is 399 g/mol. The number of ether oxygens (including phenoxy) is 1. The molecule has 1 saturated heterocycles. The predicted octanol–water partition coefficient (Wildman–Crippen LogP) is 3.44. The molecule has 3 heterocycles. The van der Waals surface area contributed by atoms with E-state index in [9.17, 15) is 14.6 Å². The first-order chi connectivity index (χ1) is 15.0. The van der Waals surface area contributed by atoms with Crippen LogP contribution in [0.15, 0.2) is 65.8 Å². The van der Waals surface area contributed by atoms with Gasteiger partial charge >= 0.3 is 0 Å². The molecule has 160 valence electrons. The fourth-order valence-corrected chi connectivity index (χ4v) is 4.10. The normalized spacial score (nSPS) is 25.0. The molecule has 2 aromatic carbocycles. The number of aromatic nitrogens is 1. The average molecular weight is 422 g/mol. The first-order valence-corrected chi connectivity index (χ1v) is 10.1. The predicted molar refractivity (Wildman–Crippen MR) is 115 cm³/mol. The molecule has 0 saturated carbocycles. The van der Waals surface area contributed by atoms with Crippen LogP contribution in [0.3, 0.4) is 0 Å². The van der Waals surface area contributed by atoms with E-state index in [2.05, 4.69) is 10.4 Å². The molecule has 3 N–H and O–H groups in total. The number of halogens is 1. The van der Waals surface area contributed by atoms with Gasteiger partial charge in [0.1, 0.15) is 30.2 Å². The quantitative estimate of drug-likeness (QED) is 0.600. The highest BCUT2D eigenvalue weighted by atomic mass is 19.1. The number of fused-ring (bicyclic) bond motifs is 1. The standard InChI is InChI=1S/C23H23FN4O3/c1-14-20(29)21(30)23(31-14)28-12-18(15-6-3-2-4-7-15)19-11-27(13-25-22(19)28)26-17-9-5-8-16(24)10-17/h2-10,12-14,20-21,23,26,29-30H,11H2,1H3/t14-,20-,21-,23-/m1/s1. The summed E-state index contributed by atoms with van der Waals surface area (Å²) in [4.78, 5) is 4.60. The Hall–Kier alpha value is -3.20. The van der Waals surface area contributed by atoms with E-state index in [0.29, 0.717) is 18.1 Å². The second kappa shape index (κ2) is 7.81. The maximum atomic E-state index is 13.6. The summed E-state index contributed by atoms with van der Waals surface area (Å²) in [6.45, 7) is 2.20. The highest BCUT2D eigenvalue weighted by Gasteiger charge is 2.42. The van der Waals surface area contributed by atoms with Crippen LogP contribution in [-0.4, -0.2) is 44.4 Å². The van der Waals surface area contributed by atoms with Crippen LogP contribution >= 0.6 is 0 Å². The number of hydrogen-bond acceptors (Lipinski definition) is 6. The van der Waals surface area contributed by atoms with Gasteiger partial charge < -0.3 is 19.5 Å². The van der Waals surface area contributed by atoms with E-state index in [1.165, 1.54) is 12.1 Å². The molecule has 1 aromatic heterocycles. The zero-order valence-corrected chi connectivity index (χ0v) is 16.9. The van der Waals surface area contributed by atoms with Gasteiger partial charge in [-0.1, -0.05) is 36.4 Å². The summed E-state index contributed by atoms with van der Waals surface area (Å²) in [7, 11) is 0. The molecular formula is C23H23FN4O3. The van der Waals surface area contributed by atoms with Crippen LogP contribution in [0.25, 0.3) is 11.1 Å². The number of hydrazine groups is 1. The summed E-state index contributed by atoms with van der Waals surface area (Å²) in [6.07, 6.45) is 0.269. The first kappa shape index (κ1) is 19.7. The van der Waals surface area contributed by atoms with Gasteiger partial charge in [0.25, 0.3) is 0 Å². The van der Waals surface area contributed by atoms with Crippen molar-refractivity contribution in [2.24, 2.45) is 4.99 Å². The van der Waals surface area contributed by atoms with Crippen LogP contribution in [0.1, 0.15) is 18.7 Å². The van der Waals surface area contributed by atoms with Gasteiger partial charge in [-0.05, 0) is 30.7 Å². The Kier molecular flexibility index (Phi) is 4.97. The van der Waals surface area contributed by atoms with Crippen molar-refractivity contribution < 1.29 is 19.3 Å². The lowest BCUT2D eigenvalue weighted by molar-refractivity contribution is -0.0308. The van der Waals surface area contributed by atoms with Crippen LogP contribution in [0.2, 0.25) is 0 Å². The van der Waals surface area contributed by atoms with Crippen molar-refractivity contribution >= 4 is 17.8 Å². The number of benzene rings is 2. The lowest BCUT2D eigenvalue weighted by Crippen LogP contribution is -2.31. The summed E-state index contributed by atoms with van der Waals surface area (Å²) in [5, 5.41) is 22.5. The maximum absolute atomic E-state index is 13.6. The smallest absolute Gasteiger partial charge is 0.164 e. The van der Waals surface area contributed by atoms with E-state index >= 15 is 0 Å². The van der Waals surface area contributed by atoms with Gasteiger partial charge in [-0.2, -0.15) is 0 Å². The van der Waals surface area contributed by atoms with Crippen molar-refractivity contribution in [1.29, 1.82) is 0 Å². The number of nitrogens with one attached hydrogen (secondary N) is 1. The lowest BCUT2D eigenvalue weighted by Gasteiger charge is -2.26. The third-order valence-electron chi connectivity index (χ3n) is 5.69. The highest BCUT2D eigenvalue weighted by molar-refractivity contribution is 5.77. The van der Waals surface area contributed by atoms with Gasteiger partial charge in [0, 0.05) is 17.3 Å². The van der Waals surface area contributed by atoms with E-state index in [1.807, 2.05) is 36.5 Å². The fraction of sp³-hybridized carbons (Fsp3) is 0.261. The number of anilines is 1. The Balaban J connectivity index is 1.53. The molecule has 0 spiro atoms. The lowest BCUT2D eigenvalue weighted by atomic mass is 10.0. The van der Waals surface area contributed by atoms with Crippen molar-refractivity contribution in [3.63, 3.8) is 0 Å². The number of rotatable bonds is 4. The molecule has 0 bridgehead atoms. The monoisotopic (exact) mass is 422 g/mol. The molecule has 5 rings (SSSR count). The minimum Gasteiger partial charge on any atom is -0.388 e. The van der Waals surface area contributed by atoms with E-state index in [1.54, 1.807) is 35.0 Å². The van der Waals surface area contributed by atoms with Gasteiger partial charge in [0.15, 0.2) is 6.23 Å². The second-order valence-electron chi connectivity index (χ2n) is 7.83. The molecule has 7 nitrogen and oxygen atoms in total. The second-order valence-corrected chi connectivity index (χ2v) is 7.83. The van der Waals surface area contributed by atoms with Gasteiger partial charge in [-0.15, -0.1) is 0 Å². The minimum atomic E-state index is -1.06. The van der Waals surface area contributed by atoms with Crippen molar-refractivity contribution in [1.82, 2.24) is 9.58 Å². The molecule has 8 heteroatoms. The van der Waals surface area contributed by atoms with Gasteiger partial charge in [-0.25, -0.2) is 9.38 Å². The Morgan fingerprint density at radius 3 is 2.61 bits per heavy atom. The Morgan fingerprint density at radius 2 is 1.90 bits per heavy atom. The third kappa shape index (κ3) is 3.59. The average Bonchev–Trinajstić information content (AvgIpc) is 3.27. The summed E-state index contributed by atoms with van der Waals surface area (Å²) >= 11 is 0.